The number of aromatic nitrogens is 1. The summed E-state index contributed by atoms with van der Waals surface area (Å²) in [6.45, 7) is 4.57. The molecule has 0 radical (unpaired) electrons. The van der Waals surface area contributed by atoms with Crippen LogP contribution in [-0.4, -0.2) is 19.2 Å². The van der Waals surface area contributed by atoms with E-state index in [1.165, 1.54) is 18.3 Å². The van der Waals surface area contributed by atoms with Crippen LogP contribution in [0.4, 0.5) is 0 Å². The first kappa shape index (κ1) is 17.0. The van der Waals surface area contributed by atoms with Gasteiger partial charge in [0.1, 0.15) is 5.76 Å². The molecule has 0 aliphatic carbocycles. The Labute approximate surface area is 146 Å². The van der Waals surface area contributed by atoms with Crippen LogP contribution in [0.1, 0.15) is 22.7 Å². The summed E-state index contributed by atoms with van der Waals surface area (Å²) in [5, 5.41) is 3.90. The molecule has 1 aromatic carbocycles. The van der Waals surface area contributed by atoms with Crippen molar-refractivity contribution in [1.82, 2.24) is 9.40 Å². The van der Waals surface area contributed by atoms with Crippen LogP contribution in [0.5, 0.6) is 0 Å². The van der Waals surface area contributed by atoms with E-state index < -0.39 is 10.0 Å². The molecule has 0 aliphatic heterocycles. The number of aryl methyl sites for hydroxylation is 1. The van der Waals surface area contributed by atoms with Crippen LogP contribution in [0, 0.1) is 13.8 Å². The van der Waals surface area contributed by atoms with E-state index >= 15 is 0 Å². The Morgan fingerprint density at radius 2 is 1.92 bits per heavy atom. The van der Waals surface area contributed by atoms with Crippen LogP contribution in [0.25, 0.3) is 0 Å². The normalized spacial score (nSPS) is 11.9. The Balaban J connectivity index is 1.76. The van der Waals surface area contributed by atoms with E-state index in [4.69, 9.17) is 4.42 Å². The standard InChI is InChI=1S/C18H19N3O3S/c1-14-11-16(15(2)21(14)13-17-7-6-10-24-17)12-19-20-25(22,23)18-8-4-3-5-9-18/h3-12,20H,13H2,1-2H3/b19-12-. The van der Waals surface area contributed by atoms with Crippen LogP contribution in [0.2, 0.25) is 0 Å². The second kappa shape index (κ2) is 6.98. The third-order valence-corrected chi connectivity index (χ3v) is 5.18. The van der Waals surface area contributed by atoms with E-state index in [0.717, 1.165) is 22.7 Å². The Kier molecular flexibility index (Phi) is 4.76. The summed E-state index contributed by atoms with van der Waals surface area (Å²) in [4.78, 5) is 2.42. The predicted octanol–water partition coefficient (Wildman–Crippen LogP) is 3.06. The van der Waals surface area contributed by atoms with Gasteiger partial charge in [-0.2, -0.15) is 13.5 Å². The second-order valence-electron chi connectivity index (χ2n) is 5.66. The molecule has 0 bridgehead atoms. The van der Waals surface area contributed by atoms with Crippen molar-refractivity contribution in [2.45, 2.75) is 25.3 Å². The van der Waals surface area contributed by atoms with Gasteiger partial charge in [-0.1, -0.05) is 18.2 Å². The fourth-order valence-corrected chi connectivity index (χ4v) is 3.39. The molecule has 2 aromatic heterocycles. The molecule has 6 nitrogen and oxygen atoms in total. The Morgan fingerprint density at radius 1 is 1.16 bits per heavy atom. The first-order chi connectivity index (χ1) is 12.0. The molecule has 0 saturated carbocycles. The smallest absolute Gasteiger partial charge is 0.276 e. The maximum Gasteiger partial charge on any atom is 0.276 e. The highest BCUT2D eigenvalue weighted by Crippen LogP contribution is 2.16. The maximum atomic E-state index is 12.1. The second-order valence-corrected chi connectivity index (χ2v) is 7.32. The lowest BCUT2D eigenvalue weighted by atomic mass is 10.3. The minimum Gasteiger partial charge on any atom is -0.467 e. The van der Waals surface area contributed by atoms with E-state index in [0.29, 0.717) is 6.54 Å². The average molecular weight is 357 g/mol. The zero-order valence-corrected chi connectivity index (χ0v) is 14.8. The molecule has 7 heteroatoms. The number of rotatable bonds is 6. The van der Waals surface area contributed by atoms with Gasteiger partial charge in [0, 0.05) is 17.0 Å². The van der Waals surface area contributed by atoms with Gasteiger partial charge in [0.2, 0.25) is 0 Å². The number of benzene rings is 1. The SMILES string of the molecule is Cc1cc(/C=N\NS(=O)(=O)c2ccccc2)c(C)n1Cc1ccco1. The molecule has 3 aromatic rings. The number of furan rings is 1. The lowest BCUT2D eigenvalue weighted by Crippen LogP contribution is -2.18. The van der Waals surface area contributed by atoms with Crippen molar-refractivity contribution in [1.29, 1.82) is 0 Å². The van der Waals surface area contributed by atoms with Crippen molar-refractivity contribution in [3.05, 3.63) is 77.5 Å². The third-order valence-electron chi connectivity index (χ3n) is 3.94. The molecular weight excluding hydrogens is 338 g/mol. The van der Waals surface area contributed by atoms with E-state index in [-0.39, 0.29) is 4.90 Å². The highest BCUT2D eigenvalue weighted by atomic mass is 32.2. The van der Waals surface area contributed by atoms with E-state index in [1.54, 1.807) is 24.5 Å². The van der Waals surface area contributed by atoms with Gasteiger partial charge in [0.25, 0.3) is 10.0 Å². The highest BCUT2D eigenvalue weighted by Gasteiger charge is 2.12. The topological polar surface area (TPSA) is 76.6 Å². The van der Waals surface area contributed by atoms with Gasteiger partial charge < -0.3 is 8.98 Å². The van der Waals surface area contributed by atoms with Crippen molar-refractivity contribution in [3.8, 4) is 0 Å². The maximum absolute atomic E-state index is 12.1. The van der Waals surface area contributed by atoms with Gasteiger partial charge in [0.05, 0.1) is 23.9 Å². The first-order valence-electron chi connectivity index (χ1n) is 7.76. The zero-order valence-electron chi connectivity index (χ0n) is 14.0. The van der Waals surface area contributed by atoms with Crippen molar-refractivity contribution in [3.63, 3.8) is 0 Å². The van der Waals surface area contributed by atoms with E-state index in [1.807, 2.05) is 32.0 Å². The number of nitrogens with one attached hydrogen (secondary N) is 1. The van der Waals surface area contributed by atoms with Gasteiger partial charge in [-0.3, -0.25) is 0 Å². The molecule has 0 unspecified atom stereocenters. The summed E-state index contributed by atoms with van der Waals surface area (Å²) >= 11 is 0. The highest BCUT2D eigenvalue weighted by molar-refractivity contribution is 7.89. The van der Waals surface area contributed by atoms with Crippen molar-refractivity contribution in [2.24, 2.45) is 5.10 Å². The fourth-order valence-electron chi connectivity index (χ4n) is 2.58. The number of sulfonamides is 1. The van der Waals surface area contributed by atoms with Gasteiger partial charge in [-0.05, 0) is 44.2 Å². The molecular formula is C18H19N3O3S. The minimum absolute atomic E-state index is 0.176. The molecule has 0 fully saturated rings. The van der Waals surface area contributed by atoms with Gasteiger partial charge in [-0.15, -0.1) is 0 Å². The zero-order chi connectivity index (χ0) is 17.9. The summed E-state index contributed by atoms with van der Waals surface area (Å²) in [5.41, 5.74) is 2.87. The van der Waals surface area contributed by atoms with Gasteiger partial charge in [0.15, 0.2) is 0 Å². The third kappa shape index (κ3) is 3.83. The lowest BCUT2D eigenvalue weighted by Gasteiger charge is -2.07. The molecule has 2 heterocycles. The summed E-state index contributed by atoms with van der Waals surface area (Å²) in [6, 6.07) is 13.9. The van der Waals surface area contributed by atoms with Crippen LogP contribution >= 0.6 is 0 Å². The number of hydrazone groups is 1. The van der Waals surface area contributed by atoms with Crippen LogP contribution in [-0.2, 0) is 16.6 Å². The molecule has 0 spiro atoms. The lowest BCUT2D eigenvalue weighted by molar-refractivity contribution is 0.489. The van der Waals surface area contributed by atoms with E-state index in [2.05, 4.69) is 14.5 Å². The summed E-state index contributed by atoms with van der Waals surface area (Å²) in [6.07, 6.45) is 3.16. The summed E-state index contributed by atoms with van der Waals surface area (Å²) < 4.78 is 31.8. The van der Waals surface area contributed by atoms with Crippen LogP contribution in [0.3, 0.4) is 0 Å². The van der Waals surface area contributed by atoms with Gasteiger partial charge in [-0.25, -0.2) is 4.83 Å². The first-order valence-corrected chi connectivity index (χ1v) is 9.25. The van der Waals surface area contributed by atoms with Gasteiger partial charge >= 0.3 is 0 Å². The Bertz CT molecular complexity index is 972. The minimum atomic E-state index is -3.66. The monoisotopic (exact) mass is 357 g/mol. The molecule has 0 atom stereocenters. The number of hydrogen-bond acceptors (Lipinski definition) is 4. The Morgan fingerprint density at radius 3 is 2.60 bits per heavy atom. The predicted molar refractivity (Wildman–Crippen MR) is 96.1 cm³/mol. The van der Waals surface area contributed by atoms with Crippen molar-refractivity contribution >= 4 is 16.2 Å². The van der Waals surface area contributed by atoms with Crippen molar-refractivity contribution in [2.75, 3.05) is 0 Å². The Hall–Kier alpha value is -2.80. The average Bonchev–Trinajstić information content (AvgIpc) is 3.20. The van der Waals surface area contributed by atoms with Crippen LogP contribution < -0.4 is 4.83 Å². The molecule has 0 aliphatic rings. The quantitative estimate of drug-likeness (QED) is 0.544. The van der Waals surface area contributed by atoms with Crippen molar-refractivity contribution < 1.29 is 12.8 Å². The molecule has 25 heavy (non-hydrogen) atoms. The number of nitrogens with zero attached hydrogens (tertiary/aromatic N) is 2. The van der Waals surface area contributed by atoms with E-state index in [9.17, 15) is 8.42 Å². The molecule has 3 rings (SSSR count). The molecule has 0 saturated heterocycles. The summed E-state index contributed by atoms with van der Waals surface area (Å²) in [5.74, 6) is 0.857. The van der Waals surface area contributed by atoms with Crippen LogP contribution in [0.15, 0.2) is 69.2 Å². The number of hydrogen-bond donors (Lipinski definition) is 1. The summed E-state index contributed by atoms with van der Waals surface area (Å²) in [7, 11) is -3.66. The fraction of sp³-hybridized carbons (Fsp3) is 0.167. The molecule has 130 valence electrons. The molecule has 0 amide bonds. The largest absolute Gasteiger partial charge is 0.467 e. The molecule has 1 N–H and O–H groups in total.